The molecule has 0 heterocycles. The van der Waals surface area contributed by atoms with E-state index in [1.807, 2.05) is 25.1 Å². The summed E-state index contributed by atoms with van der Waals surface area (Å²) in [7, 11) is 0. The molecule has 92 valence electrons. The van der Waals surface area contributed by atoms with Gasteiger partial charge < -0.3 is 5.32 Å². The molecule has 1 aliphatic rings. The van der Waals surface area contributed by atoms with Crippen LogP contribution < -0.4 is 5.32 Å². The molecule has 0 radical (unpaired) electrons. The van der Waals surface area contributed by atoms with Crippen LogP contribution in [0.5, 0.6) is 0 Å². The molecule has 1 aromatic carbocycles. The highest BCUT2D eigenvalue weighted by Gasteiger charge is 2.30. The van der Waals surface area contributed by atoms with Crippen LogP contribution in [0.4, 0.5) is 0 Å². The van der Waals surface area contributed by atoms with E-state index in [9.17, 15) is 4.79 Å². The van der Waals surface area contributed by atoms with Crippen molar-refractivity contribution in [1.29, 1.82) is 0 Å². The predicted octanol–water partition coefficient (Wildman–Crippen LogP) is 3.82. The number of hydrogen-bond acceptors (Lipinski definition) is 1. The maximum atomic E-state index is 12.2. The zero-order valence-corrected chi connectivity index (χ0v) is 11.9. The first-order valence-corrected chi connectivity index (χ1v) is 6.88. The van der Waals surface area contributed by atoms with Gasteiger partial charge in [0.15, 0.2) is 0 Å². The lowest BCUT2D eigenvalue weighted by Gasteiger charge is -2.25. The number of amides is 1. The number of aryl methyl sites for hydroxylation is 1. The molecule has 1 fully saturated rings. The van der Waals surface area contributed by atoms with Gasteiger partial charge in [0.05, 0.1) is 0 Å². The number of rotatable bonds is 2. The molecule has 0 spiro atoms. The molecule has 2 rings (SSSR count). The summed E-state index contributed by atoms with van der Waals surface area (Å²) in [5, 5.41) is 3.17. The van der Waals surface area contributed by atoms with Gasteiger partial charge in [0.2, 0.25) is 0 Å². The van der Waals surface area contributed by atoms with Crippen LogP contribution in [-0.4, -0.2) is 11.4 Å². The van der Waals surface area contributed by atoms with Crippen LogP contribution >= 0.6 is 15.9 Å². The van der Waals surface area contributed by atoms with Crippen molar-refractivity contribution in [2.75, 3.05) is 0 Å². The maximum Gasteiger partial charge on any atom is 0.251 e. The van der Waals surface area contributed by atoms with E-state index in [4.69, 9.17) is 0 Å². The Morgan fingerprint density at radius 1 is 1.29 bits per heavy atom. The van der Waals surface area contributed by atoms with E-state index < -0.39 is 0 Å². The van der Waals surface area contributed by atoms with Crippen molar-refractivity contribution in [2.45, 2.75) is 45.1 Å². The fourth-order valence-corrected chi connectivity index (χ4v) is 3.10. The van der Waals surface area contributed by atoms with Crippen molar-refractivity contribution in [2.24, 2.45) is 0 Å². The van der Waals surface area contributed by atoms with E-state index >= 15 is 0 Å². The molecule has 1 amide bonds. The van der Waals surface area contributed by atoms with Gasteiger partial charge in [-0.1, -0.05) is 28.8 Å². The summed E-state index contributed by atoms with van der Waals surface area (Å²) in [5.41, 5.74) is 1.83. The van der Waals surface area contributed by atoms with E-state index in [2.05, 4.69) is 28.2 Å². The second kappa shape index (κ2) is 4.81. The van der Waals surface area contributed by atoms with Gasteiger partial charge in [0.1, 0.15) is 0 Å². The van der Waals surface area contributed by atoms with Gasteiger partial charge in [-0.3, -0.25) is 4.79 Å². The highest BCUT2D eigenvalue weighted by atomic mass is 79.9. The summed E-state index contributed by atoms with van der Waals surface area (Å²) in [6, 6.07) is 5.81. The average molecular weight is 296 g/mol. The highest BCUT2D eigenvalue weighted by Crippen LogP contribution is 2.29. The van der Waals surface area contributed by atoms with Crippen molar-refractivity contribution in [1.82, 2.24) is 5.32 Å². The second-order valence-electron chi connectivity index (χ2n) is 5.24. The minimum absolute atomic E-state index is 0.00664. The molecule has 0 aliphatic heterocycles. The fraction of sp³-hybridized carbons (Fsp3) is 0.500. The molecule has 2 nitrogen and oxygen atoms in total. The van der Waals surface area contributed by atoms with E-state index in [1.165, 1.54) is 12.8 Å². The molecule has 1 saturated carbocycles. The van der Waals surface area contributed by atoms with Crippen LogP contribution in [0.3, 0.4) is 0 Å². The molecule has 0 unspecified atom stereocenters. The van der Waals surface area contributed by atoms with E-state index in [-0.39, 0.29) is 11.4 Å². The Kier molecular flexibility index (Phi) is 3.57. The lowest BCUT2D eigenvalue weighted by atomic mass is 10.00. The quantitative estimate of drug-likeness (QED) is 0.883. The maximum absolute atomic E-state index is 12.2. The Balaban J connectivity index is 2.14. The smallest absolute Gasteiger partial charge is 0.251 e. The third kappa shape index (κ3) is 3.09. The Morgan fingerprint density at radius 2 is 1.94 bits per heavy atom. The fourth-order valence-electron chi connectivity index (χ4n) is 2.49. The predicted molar refractivity (Wildman–Crippen MR) is 73.2 cm³/mol. The molecule has 3 heteroatoms. The number of benzene rings is 1. The van der Waals surface area contributed by atoms with Gasteiger partial charge in [-0.05, 0) is 50.5 Å². The number of halogens is 1. The van der Waals surface area contributed by atoms with Crippen LogP contribution in [0.15, 0.2) is 22.7 Å². The standard InChI is InChI=1S/C14H18BrNO/c1-10-7-11(9-12(15)8-10)13(17)16-14(2)5-3-4-6-14/h7-9H,3-6H2,1-2H3,(H,16,17). The minimum atomic E-state index is -0.00664. The molecule has 0 saturated heterocycles. The molecule has 17 heavy (non-hydrogen) atoms. The number of hydrogen-bond donors (Lipinski definition) is 1. The zero-order valence-electron chi connectivity index (χ0n) is 10.3. The van der Waals surface area contributed by atoms with E-state index in [0.29, 0.717) is 0 Å². The summed E-state index contributed by atoms with van der Waals surface area (Å²) in [6.07, 6.45) is 4.61. The first-order chi connectivity index (χ1) is 7.98. The lowest BCUT2D eigenvalue weighted by Crippen LogP contribution is -2.43. The second-order valence-corrected chi connectivity index (χ2v) is 6.15. The summed E-state index contributed by atoms with van der Waals surface area (Å²) < 4.78 is 0.958. The summed E-state index contributed by atoms with van der Waals surface area (Å²) in [4.78, 5) is 12.2. The van der Waals surface area contributed by atoms with Crippen molar-refractivity contribution in [3.63, 3.8) is 0 Å². The molecular weight excluding hydrogens is 278 g/mol. The van der Waals surface area contributed by atoms with Gasteiger partial charge >= 0.3 is 0 Å². The Labute approximate surface area is 111 Å². The van der Waals surface area contributed by atoms with Gasteiger partial charge in [-0.15, -0.1) is 0 Å². The first-order valence-electron chi connectivity index (χ1n) is 6.08. The third-order valence-corrected chi connectivity index (χ3v) is 3.88. The molecule has 0 atom stereocenters. The number of carbonyl (C=O) groups excluding carboxylic acids is 1. The van der Waals surface area contributed by atoms with Crippen LogP contribution in [0.1, 0.15) is 48.5 Å². The minimum Gasteiger partial charge on any atom is -0.347 e. The van der Waals surface area contributed by atoms with Crippen LogP contribution in [-0.2, 0) is 0 Å². The van der Waals surface area contributed by atoms with Crippen LogP contribution in [0, 0.1) is 6.92 Å². The molecule has 0 bridgehead atoms. The van der Waals surface area contributed by atoms with Crippen molar-refractivity contribution in [3.8, 4) is 0 Å². The lowest BCUT2D eigenvalue weighted by molar-refractivity contribution is 0.0908. The summed E-state index contributed by atoms with van der Waals surface area (Å²) in [6.45, 7) is 4.14. The normalized spacial score (nSPS) is 18.1. The molecular formula is C14H18BrNO. The molecule has 1 aromatic rings. The Bertz CT molecular complexity index is 416. The van der Waals surface area contributed by atoms with Crippen molar-refractivity contribution in [3.05, 3.63) is 33.8 Å². The van der Waals surface area contributed by atoms with Crippen molar-refractivity contribution < 1.29 is 4.79 Å². The summed E-state index contributed by atoms with van der Waals surface area (Å²) >= 11 is 3.43. The Morgan fingerprint density at radius 3 is 2.53 bits per heavy atom. The molecule has 1 N–H and O–H groups in total. The van der Waals surface area contributed by atoms with Crippen LogP contribution in [0.25, 0.3) is 0 Å². The third-order valence-electron chi connectivity index (χ3n) is 3.43. The van der Waals surface area contributed by atoms with Gasteiger partial charge in [0.25, 0.3) is 5.91 Å². The number of carbonyl (C=O) groups is 1. The van der Waals surface area contributed by atoms with Crippen LogP contribution in [0.2, 0.25) is 0 Å². The highest BCUT2D eigenvalue weighted by molar-refractivity contribution is 9.10. The monoisotopic (exact) mass is 295 g/mol. The Hall–Kier alpha value is -0.830. The number of nitrogens with one attached hydrogen (secondary N) is 1. The zero-order chi connectivity index (χ0) is 12.5. The van der Waals surface area contributed by atoms with Gasteiger partial charge in [0, 0.05) is 15.6 Å². The molecule has 0 aromatic heterocycles. The van der Waals surface area contributed by atoms with Gasteiger partial charge in [-0.2, -0.15) is 0 Å². The van der Waals surface area contributed by atoms with E-state index in [1.54, 1.807) is 0 Å². The SMILES string of the molecule is Cc1cc(Br)cc(C(=O)NC2(C)CCCC2)c1. The largest absolute Gasteiger partial charge is 0.347 e. The average Bonchev–Trinajstić information content (AvgIpc) is 2.63. The summed E-state index contributed by atoms with van der Waals surface area (Å²) in [5.74, 6) is 0.0406. The van der Waals surface area contributed by atoms with Gasteiger partial charge in [-0.25, -0.2) is 0 Å². The van der Waals surface area contributed by atoms with Crippen molar-refractivity contribution >= 4 is 21.8 Å². The van der Waals surface area contributed by atoms with E-state index in [0.717, 1.165) is 28.4 Å². The first kappa shape index (κ1) is 12.6. The topological polar surface area (TPSA) is 29.1 Å². The molecule has 1 aliphatic carbocycles.